The highest BCUT2D eigenvalue weighted by molar-refractivity contribution is 7.89. The maximum Gasteiger partial charge on any atom is 0.258 e. The van der Waals surface area contributed by atoms with Crippen LogP contribution in [0.25, 0.3) is 0 Å². The number of carbonyl (C=O) groups is 1. The summed E-state index contributed by atoms with van der Waals surface area (Å²) in [6.45, 7) is 5.12. The Balaban J connectivity index is 1.50. The molecule has 1 heterocycles. The Hall–Kier alpha value is -2.42. The molecule has 1 amide bonds. The van der Waals surface area contributed by atoms with E-state index >= 15 is 0 Å². The number of morpholine rings is 1. The van der Waals surface area contributed by atoms with Gasteiger partial charge in [-0.1, -0.05) is 30.3 Å². The highest BCUT2D eigenvalue weighted by Crippen LogP contribution is 2.24. The minimum atomic E-state index is -3.56. The molecule has 1 aliphatic heterocycles. The Kier molecular flexibility index (Phi) is 8.06. The van der Waals surface area contributed by atoms with Gasteiger partial charge in [-0.2, -0.15) is 4.31 Å². The van der Waals surface area contributed by atoms with Crippen molar-refractivity contribution in [3.8, 4) is 5.75 Å². The fraction of sp³-hybridized carbons (Fsp3) is 0.435. The molecular weight excluding hydrogens is 416 g/mol. The standard InChI is InChI=1S/C23H30N2O5S/c1-18-16-21(31(27,28)25-12-14-29-15-13-25)10-11-22(18)30-17-23(26)24-19(2)8-9-20-6-4-3-5-7-20/h3-7,10-11,16,19H,8-9,12-15,17H2,1-2H3,(H,24,26)/t19-/m0/s1. The molecule has 0 aliphatic carbocycles. The number of aryl methyl sites for hydroxylation is 2. The molecule has 1 saturated heterocycles. The van der Waals surface area contributed by atoms with Crippen molar-refractivity contribution in [2.75, 3.05) is 32.9 Å². The van der Waals surface area contributed by atoms with E-state index in [4.69, 9.17) is 9.47 Å². The predicted molar refractivity (Wildman–Crippen MR) is 119 cm³/mol. The molecular formula is C23H30N2O5S. The summed E-state index contributed by atoms with van der Waals surface area (Å²) in [6.07, 6.45) is 1.73. The third-order valence-electron chi connectivity index (χ3n) is 5.23. The van der Waals surface area contributed by atoms with Gasteiger partial charge in [-0.15, -0.1) is 0 Å². The highest BCUT2D eigenvalue weighted by atomic mass is 32.2. The van der Waals surface area contributed by atoms with Crippen LogP contribution in [-0.4, -0.2) is 57.6 Å². The number of ether oxygens (including phenoxy) is 2. The number of rotatable bonds is 9. The molecule has 1 atom stereocenters. The van der Waals surface area contributed by atoms with E-state index in [1.165, 1.54) is 15.9 Å². The molecule has 1 aliphatic rings. The lowest BCUT2D eigenvalue weighted by Crippen LogP contribution is -2.40. The number of sulfonamides is 1. The molecule has 1 N–H and O–H groups in total. The molecule has 0 saturated carbocycles. The molecule has 2 aromatic rings. The lowest BCUT2D eigenvalue weighted by molar-refractivity contribution is -0.123. The van der Waals surface area contributed by atoms with Gasteiger partial charge >= 0.3 is 0 Å². The first-order valence-electron chi connectivity index (χ1n) is 10.5. The van der Waals surface area contributed by atoms with E-state index in [0.29, 0.717) is 37.6 Å². The second-order valence-corrected chi connectivity index (χ2v) is 9.66. The normalized spacial score (nSPS) is 15.9. The zero-order valence-corrected chi connectivity index (χ0v) is 18.9. The quantitative estimate of drug-likeness (QED) is 0.640. The molecule has 3 rings (SSSR count). The van der Waals surface area contributed by atoms with Crippen LogP contribution in [0, 0.1) is 6.92 Å². The topological polar surface area (TPSA) is 84.9 Å². The van der Waals surface area contributed by atoms with Crippen LogP contribution in [0.1, 0.15) is 24.5 Å². The molecule has 2 aromatic carbocycles. The second-order valence-electron chi connectivity index (χ2n) is 7.73. The van der Waals surface area contributed by atoms with Gasteiger partial charge in [-0.25, -0.2) is 8.42 Å². The van der Waals surface area contributed by atoms with Crippen molar-refractivity contribution in [3.63, 3.8) is 0 Å². The molecule has 0 bridgehead atoms. The summed E-state index contributed by atoms with van der Waals surface area (Å²) in [5.74, 6) is 0.290. The summed E-state index contributed by atoms with van der Waals surface area (Å²) in [7, 11) is -3.56. The van der Waals surface area contributed by atoms with Crippen molar-refractivity contribution in [1.29, 1.82) is 0 Å². The zero-order valence-electron chi connectivity index (χ0n) is 18.0. The summed E-state index contributed by atoms with van der Waals surface area (Å²) < 4.78 is 37.8. The summed E-state index contributed by atoms with van der Waals surface area (Å²) in [5, 5.41) is 2.94. The van der Waals surface area contributed by atoms with Gasteiger partial charge in [0.2, 0.25) is 10.0 Å². The van der Waals surface area contributed by atoms with Crippen molar-refractivity contribution < 1.29 is 22.7 Å². The van der Waals surface area contributed by atoms with E-state index in [0.717, 1.165) is 12.8 Å². The largest absolute Gasteiger partial charge is 0.484 e. The van der Waals surface area contributed by atoms with E-state index in [1.807, 2.05) is 25.1 Å². The monoisotopic (exact) mass is 446 g/mol. The summed E-state index contributed by atoms with van der Waals surface area (Å²) in [5.41, 5.74) is 1.90. The maximum absolute atomic E-state index is 12.8. The third-order valence-corrected chi connectivity index (χ3v) is 7.12. The fourth-order valence-corrected chi connectivity index (χ4v) is 4.93. The number of amides is 1. The van der Waals surface area contributed by atoms with Crippen LogP contribution in [0.15, 0.2) is 53.4 Å². The molecule has 31 heavy (non-hydrogen) atoms. The van der Waals surface area contributed by atoms with Crippen LogP contribution in [-0.2, 0) is 26.0 Å². The van der Waals surface area contributed by atoms with Gasteiger partial charge in [0.15, 0.2) is 6.61 Å². The van der Waals surface area contributed by atoms with E-state index in [-0.39, 0.29) is 23.5 Å². The second kappa shape index (κ2) is 10.7. The lowest BCUT2D eigenvalue weighted by atomic mass is 10.1. The lowest BCUT2D eigenvalue weighted by Gasteiger charge is -2.26. The van der Waals surface area contributed by atoms with Crippen LogP contribution in [0.5, 0.6) is 5.75 Å². The first kappa shape index (κ1) is 23.2. The molecule has 8 heteroatoms. The molecule has 7 nitrogen and oxygen atoms in total. The Bertz CT molecular complexity index is 973. The van der Waals surface area contributed by atoms with Crippen LogP contribution in [0.3, 0.4) is 0 Å². The van der Waals surface area contributed by atoms with E-state index in [9.17, 15) is 13.2 Å². The molecule has 0 spiro atoms. The highest BCUT2D eigenvalue weighted by Gasteiger charge is 2.26. The van der Waals surface area contributed by atoms with Crippen LogP contribution in [0.2, 0.25) is 0 Å². The average molecular weight is 447 g/mol. The minimum absolute atomic E-state index is 0.0263. The van der Waals surface area contributed by atoms with E-state index in [2.05, 4.69) is 17.4 Å². The zero-order chi connectivity index (χ0) is 22.3. The van der Waals surface area contributed by atoms with Crippen LogP contribution in [0.4, 0.5) is 0 Å². The number of hydrogen-bond donors (Lipinski definition) is 1. The average Bonchev–Trinajstić information content (AvgIpc) is 2.78. The van der Waals surface area contributed by atoms with Gasteiger partial charge in [0.05, 0.1) is 18.1 Å². The summed E-state index contributed by atoms with van der Waals surface area (Å²) >= 11 is 0. The van der Waals surface area contributed by atoms with Crippen molar-refractivity contribution in [2.24, 2.45) is 0 Å². The van der Waals surface area contributed by atoms with Crippen molar-refractivity contribution in [1.82, 2.24) is 9.62 Å². The number of nitrogens with one attached hydrogen (secondary N) is 1. The Morgan fingerprint density at radius 2 is 1.87 bits per heavy atom. The Morgan fingerprint density at radius 3 is 2.55 bits per heavy atom. The number of nitrogens with zero attached hydrogens (tertiary/aromatic N) is 1. The maximum atomic E-state index is 12.8. The molecule has 0 unspecified atom stereocenters. The van der Waals surface area contributed by atoms with Gasteiger partial charge in [0, 0.05) is 19.1 Å². The van der Waals surface area contributed by atoms with Gasteiger partial charge in [-0.3, -0.25) is 4.79 Å². The van der Waals surface area contributed by atoms with E-state index in [1.54, 1.807) is 19.1 Å². The first-order valence-corrected chi connectivity index (χ1v) is 11.9. The number of benzene rings is 2. The number of carbonyl (C=O) groups excluding carboxylic acids is 1. The SMILES string of the molecule is Cc1cc(S(=O)(=O)N2CCOCC2)ccc1OCC(=O)N[C@@H](C)CCc1ccccc1. The Morgan fingerprint density at radius 1 is 1.16 bits per heavy atom. The van der Waals surface area contributed by atoms with Gasteiger partial charge in [0.25, 0.3) is 5.91 Å². The molecule has 0 aromatic heterocycles. The van der Waals surface area contributed by atoms with Crippen LogP contribution >= 0.6 is 0 Å². The van der Waals surface area contributed by atoms with Gasteiger partial charge in [-0.05, 0) is 56.0 Å². The van der Waals surface area contributed by atoms with Crippen LogP contribution < -0.4 is 10.1 Å². The minimum Gasteiger partial charge on any atom is -0.484 e. The summed E-state index contributed by atoms with van der Waals surface area (Å²) in [6, 6.07) is 14.9. The molecule has 1 fully saturated rings. The van der Waals surface area contributed by atoms with E-state index < -0.39 is 10.0 Å². The fourth-order valence-electron chi connectivity index (χ4n) is 3.44. The van der Waals surface area contributed by atoms with Crippen molar-refractivity contribution in [2.45, 2.75) is 37.6 Å². The number of hydrogen-bond acceptors (Lipinski definition) is 5. The summed E-state index contributed by atoms with van der Waals surface area (Å²) in [4.78, 5) is 12.5. The van der Waals surface area contributed by atoms with Gasteiger partial charge < -0.3 is 14.8 Å². The smallest absolute Gasteiger partial charge is 0.258 e. The third kappa shape index (κ3) is 6.53. The van der Waals surface area contributed by atoms with Gasteiger partial charge in [0.1, 0.15) is 5.75 Å². The molecule has 168 valence electrons. The molecule has 0 radical (unpaired) electrons. The predicted octanol–water partition coefficient (Wildman–Crippen LogP) is 2.53. The van der Waals surface area contributed by atoms with Crippen molar-refractivity contribution >= 4 is 15.9 Å². The first-order chi connectivity index (χ1) is 14.9. The Labute approximate surface area is 184 Å². The van der Waals surface area contributed by atoms with Crippen molar-refractivity contribution in [3.05, 3.63) is 59.7 Å².